The van der Waals surface area contributed by atoms with Crippen LogP contribution in [0.1, 0.15) is 11.4 Å². The highest BCUT2D eigenvalue weighted by Gasteiger charge is 2.17. The molecule has 0 radical (unpaired) electrons. The molecule has 5 nitrogen and oxygen atoms in total. The minimum absolute atomic E-state index is 0.160. The minimum atomic E-state index is -0.160. The predicted octanol–water partition coefficient (Wildman–Crippen LogP) is 1.53. The largest absolute Gasteiger partial charge is 0.443 e. The van der Waals surface area contributed by atoms with Gasteiger partial charge >= 0.3 is 0 Å². The Morgan fingerprint density at radius 1 is 1.60 bits per heavy atom. The molecule has 2 rings (SSSR count). The fourth-order valence-corrected chi connectivity index (χ4v) is 1.45. The average Bonchev–Trinajstić information content (AvgIpc) is 2.79. The molecule has 6 heteroatoms. The lowest BCUT2D eigenvalue weighted by atomic mass is 10.3. The summed E-state index contributed by atoms with van der Waals surface area (Å²) in [6.07, 6.45) is 1.38. The molecular weight excluding hydrogens is 218 g/mol. The summed E-state index contributed by atoms with van der Waals surface area (Å²) in [5.41, 5.74) is 1.80. The quantitative estimate of drug-likeness (QED) is 0.845. The fraction of sp³-hybridized carbons (Fsp3) is 0.333. The number of aryl methyl sites for hydroxylation is 1. The van der Waals surface area contributed by atoms with Crippen molar-refractivity contribution in [1.29, 1.82) is 0 Å². The zero-order chi connectivity index (χ0) is 11.0. The van der Waals surface area contributed by atoms with E-state index >= 15 is 0 Å². The maximum atomic E-state index is 8.85. The Hall–Kier alpha value is -1.33. The first kappa shape index (κ1) is 10.2. The molecule has 2 aromatic rings. The van der Waals surface area contributed by atoms with Crippen LogP contribution in [0.25, 0.3) is 11.6 Å². The van der Waals surface area contributed by atoms with Crippen LogP contribution in [-0.2, 0) is 13.7 Å². The van der Waals surface area contributed by atoms with Gasteiger partial charge in [0.25, 0.3) is 0 Å². The van der Waals surface area contributed by atoms with Gasteiger partial charge in [-0.25, -0.2) is 4.98 Å². The molecule has 0 atom stereocenters. The van der Waals surface area contributed by atoms with Crippen LogP contribution in [0.5, 0.6) is 0 Å². The lowest BCUT2D eigenvalue weighted by Crippen LogP contribution is -1.92. The Morgan fingerprint density at radius 3 is 2.80 bits per heavy atom. The van der Waals surface area contributed by atoms with E-state index < -0.39 is 0 Å². The van der Waals surface area contributed by atoms with Gasteiger partial charge < -0.3 is 9.52 Å². The third kappa shape index (κ3) is 1.64. The summed E-state index contributed by atoms with van der Waals surface area (Å²) in [5, 5.41) is 13.5. The van der Waals surface area contributed by atoms with E-state index in [0.717, 1.165) is 5.69 Å². The van der Waals surface area contributed by atoms with Crippen molar-refractivity contribution in [1.82, 2.24) is 14.8 Å². The van der Waals surface area contributed by atoms with Gasteiger partial charge in [-0.1, -0.05) is 11.6 Å². The van der Waals surface area contributed by atoms with Gasteiger partial charge in [0, 0.05) is 7.05 Å². The molecule has 0 aliphatic rings. The third-order valence-corrected chi connectivity index (χ3v) is 2.63. The molecule has 0 aromatic carbocycles. The van der Waals surface area contributed by atoms with Gasteiger partial charge in [0.1, 0.15) is 12.0 Å². The molecule has 2 heterocycles. The van der Waals surface area contributed by atoms with E-state index in [0.29, 0.717) is 22.3 Å². The second-order valence-corrected chi connectivity index (χ2v) is 3.55. The number of aliphatic hydroxyl groups is 1. The molecule has 1 N–H and O–H groups in total. The topological polar surface area (TPSA) is 64.1 Å². The molecule has 80 valence electrons. The van der Waals surface area contributed by atoms with Gasteiger partial charge in [-0.2, -0.15) is 5.10 Å². The summed E-state index contributed by atoms with van der Waals surface area (Å²) in [6, 6.07) is 0. The number of aliphatic hydroxyl groups excluding tert-OH is 1. The number of hydrogen-bond acceptors (Lipinski definition) is 4. The monoisotopic (exact) mass is 227 g/mol. The lowest BCUT2D eigenvalue weighted by Gasteiger charge is -1.89. The molecule has 0 aliphatic heterocycles. The van der Waals surface area contributed by atoms with Crippen molar-refractivity contribution in [3.63, 3.8) is 0 Å². The van der Waals surface area contributed by atoms with E-state index in [2.05, 4.69) is 10.1 Å². The fourth-order valence-electron chi connectivity index (χ4n) is 1.21. The third-order valence-electron chi connectivity index (χ3n) is 2.18. The van der Waals surface area contributed by atoms with Gasteiger partial charge in [0.2, 0.25) is 5.89 Å². The number of hydrogen-bond donors (Lipinski definition) is 1. The number of aromatic nitrogens is 3. The summed E-state index contributed by atoms with van der Waals surface area (Å²) >= 11 is 6.06. The maximum Gasteiger partial charge on any atom is 0.248 e. The van der Waals surface area contributed by atoms with Crippen molar-refractivity contribution in [2.45, 2.75) is 13.5 Å². The van der Waals surface area contributed by atoms with Crippen molar-refractivity contribution in [3.05, 3.63) is 22.7 Å². The van der Waals surface area contributed by atoms with Crippen molar-refractivity contribution in [2.75, 3.05) is 0 Å². The predicted molar refractivity (Wildman–Crippen MR) is 54.4 cm³/mol. The van der Waals surface area contributed by atoms with Crippen molar-refractivity contribution >= 4 is 11.6 Å². The second kappa shape index (κ2) is 3.67. The summed E-state index contributed by atoms with van der Waals surface area (Å²) in [4.78, 5) is 4.04. The van der Waals surface area contributed by atoms with Crippen LogP contribution in [0, 0.1) is 6.92 Å². The SMILES string of the molecule is Cc1c(Cl)c(-c2nc(CO)co2)nn1C. The summed E-state index contributed by atoms with van der Waals surface area (Å²) < 4.78 is 6.81. The Balaban J connectivity index is 2.49. The van der Waals surface area contributed by atoms with Crippen LogP contribution in [-0.4, -0.2) is 19.9 Å². The zero-order valence-electron chi connectivity index (χ0n) is 8.36. The second-order valence-electron chi connectivity index (χ2n) is 3.17. The average molecular weight is 228 g/mol. The van der Waals surface area contributed by atoms with Crippen LogP contribution < -0.4 is 0 Å². The number of rotatable bonds is 2. The zero-order valence-corrected chi connectivity index (χ0v) is 9.12. The lowest BCUT2D eigenvalue weighted by molar-refractivity contribution is 0.276. The molecule has 0 fully saturated rings. The highest BCUT2D eigenvalue weighted by Crippen LogP contribution is 2.28. The van der Waals surface area contributed by atoms with E-state index in [9.17, 15) is 0 Å². The summed E-state index contributed by atoms with van der Waals surface area (Å²) in [7, 11) is 1.79. The number of oxazole rings is 1. The number of halogens is 1. The summed E-state index contributed by atoms with van der Waals surface area (Å²) in [6.45, 7) is 1.70. The van der Waals surface area contributed by atoms with Gasteiger partial charge in [-0.15, -0.1) is 0 Å². The first-order valence-electron chi connectivity index (χ1n) is 4.38. The van der Waals surface area contributed by atoms with Gasteiger partial charge in [0.05, 0.1) is 17.3 Å². The Bertz CT molecular complexity index is 490. The first-order chi connectivity index (χ1) is 7.13. The van der Waals surface area contributed by atoms with Crippen molar-refractivity contribution in [2.24, 2.45) is 7.05 Å². The van der Waals surface area contributed by atoms with Gasteiger partial charge in [-0.05, 0) is 6.92 Å². The Labute approximate surface area is 91.3 Å². The smallest absolute Gasteiger partial charge is 0.248 e. The molecule has 2 aromatic heterocycles. The molecule has 15 heavy (non-hydrogen) atoms. The number of nitrogens with zero attached hydrogens (tertiary/aromatic N) is 3. The molecule has 0 saturated carbocycles. The molecule has 0 bridgehead atoms. The minimum Gasteiger partial charge on any atom is -0.443 e. The van der Waals surface area contributed by atoms with E-state index in [-0.39, 0.29) is 6.61 Å². The van der Waals surface area contributed by atoms with E-state index in [1.54, 1.807) is 11.7 Å². The van der Waals surface area contributed by atoms with Crippen LogP contribution in [0.3, 0.4) is 0 Å². The Kier molecular flexibility index (Phi) is 2.50. The van der Waals surface area contributed by atoms with Crippen molar-refractivity contribution < 1.29 is 9.52 Å². The summed E-state index contributed by atoms with van der Waals surface area (Å²) in [5.74, 6) is 0.327. The van der Waals surface area contributed by atoms with Crippen LogP contribution in [0.15, 0.2) is 10.7 Å². The van der Waals surface area contributed by atoms with Gasteiger partial charge in [-0.3, -0.25) is 4.68 Å². The molecule has 0 amide bonds. The van der Waals surface area contributed by atoms with Gasteiger partial charge in [0.15, 0.2) is 5.69 Å². The van der Waals surface area contributed by atoms with E-state index in [1.807, 2.05) is 6.92 Å². The van der Waals surface area contributed by atoms with Crippen LogP contribution in [0.4, 0.5) is 0 Å². The van der Waals surface area contributed by atoms with Crippen LogP contribution in [0.2, 0.25) is 5.02 Å². The highest BCUT2D eigenvalue weighted by atomic mass is 35.5. The molecular formula is C9H10ClN3O2. The standard InChI is InChI=1S/C9H10ClN3O2/c1-5-7(10)8(12-13(5)2)9-11-6(3-14)4-15-9/h4,14H,3H2,1-2H3. The Morgan fingerprint density at radius 2 is 2.33 bits per heavy atom. The van der Waals surface area contributed by atoms with Crippen LogP contribution >= 0.6 is 11.6 Å². The maximum absolute atomic E-state index is 8.85. The van der Waals surface area contributed by atoms with E-state index in [1.165, 1.54) is 6.26 Å². The normalized spacial score (nSPS) is 10.9. The molecule has 0 unspecified atom stereocenters. The van der Waals surface area contributed by atoms with E-state index in [4.69, 9.17) is 21.1 Å². The molecule has 0 saturated heterocycles. The van der Waals surface area contributed by atoms with Crippen molar-refractivity contribution in [3.8, 4) is 11.6 Å². The molecule has 0 spiro atoms. The molecule has 0 aliphatic carbocycles. The first-order valence-corrected chi connectivity index (χ1v) is 4.76. The highest BCUT2D eigenvalue weighted by molar-refractivity contribution is 6.33.